The number of benzene rings is 2. The van der Waals surface area contributed by atoms with Crippen LogP contribution in [0.5, 0.6) is 0 Å². The molecule has 0 bridgehead atoms. The van der Waals surface area contributed by atoms with Gasteiger partial charge in [-0.05, 0) is 52.3 Å². The molecular weight excluding hydrogens is 464 g/mol. The standard InChI is InChI=1S/C24H31F2N3O4S/c1-16-7-9-18(10-8-16)14-28(17(2)23(31)27-24(3,4)5)22(30)15-29(34(6,32)33)19-11-12-20(25)21(26)13-19/h7-13,17H,14-15H2,1-6H3,(H,27,31). The summed E-state index contributed by atoms with van der Waals surface area (Å²) >= 11 is 0. The van der Waals surface area contributed by atoms with Gasteiger partial charge in [0.05, 0.1) is 11.9 Å². The third kappa shape index (κ3) is 7.51. The molecule has 0 aliphatic rings. The van der Waals surface area contributed by atoms with E-state index < -0.39 is 51.6 Å². The Hall–Kier alpha value is -3.01. The van der Waals surface area contributed by atoms with E-state index in [0.29, 0.717) is 10.4 Å². The third-order valence-corrected chi connectivity index (χ3v) is 6.15. The van der Waals surface area contributed by atoms with E-state index in [1.54, 1.807) is 27.7 Å². The van der Waals surface area contributed by atoms with Crippen molar-refractivity contribution in [3.63, 3.8) is 0 Å². The Balaban J connectivity index is 2.41. The number of hydrogen-bond acceptors (Lipinski definition) is 4. The maximum Gasteiger partial charge on any atom is 0.244 e. The lowest BCUT2D eigenvalue weighted by Gasteiger charge is -2.33. The number of aryl methyl sites for hydroxylation is 1. The van der Waals surface area contributed by atoms with E-state index in [9.17, 15) is 26.8 Å². The Labute approximate surface area is 199 Å². The number of sulfonamides is 1. The van der Waals surface area contributed by atoms with Crippen LogP contribution in [0.2, 0.25) is 0 Å². The van der Waals surface area contributed by atoms with E-state index in [2.05, 4.69) is 5.32 Å². The van der Waals surface area contributed by atoms with Crippen molar-refractivity contribution in [1.29, 1.82) is 0 Å². The van der Waals surface area contributed by atoms with Crippen LogP contribution in [-0.4, -0.2) is 49.5 Å². The van der Waals surface area contributed by atoms with Crippen molar-refractivity contribution in [2.24, 2.45) is 0 Å². The van der Waals surface area contributed by atoms with Crippen molar-refractivity contribution >= 4 is 27.5 Å². The largest absolute Gasteiger partial charge is 0.350 e. The maximum atomic E-state index is 13.8. The van der Waals surface area contributed by atoms with Crippen LogP contribution in [0.1, 0.15) is 38.8 Å². The summed E-state index contributed by atoms with van der Waals surface area (Å²) in [6, 6.07) is 9.00. The molecule has 186 valence electrons. The summed E-state index contributed by atoms with van der Waals surface area (Å²) in [5.74, 6) is -3.47. The van der Waals surface area contributed by atoms with Crippen LogP contribution in [0, 0.1) is 18.6 Å². The first-order valence-electron chi connectivity index (χ1n) is 10.7. The van der Waals surface area contributed by atoms with Crippen LogP contribution in [0.4, 0.5) is 14.5 Å². The number of nitrogens with one attached hydrogen (secondary N) is 1. The second-order valence-corrected chi connectivity index (χ2v) is 11.2. The Bertz CT molecular complexity index is 1150. The summed E-state index contributed by atoms with van der Waals surface area (Å²) in [7, 11) is -4.03. The van der Waals surface area contributed by atoms with Gasteiger partial charge < -0.3 is 10.2 Å². The van der Waals surface area contributed by atoms with Crippen LogP contribution in [-0.2, 0) is 26.2 Å². The average Bonchev–Trinajstić information content (AvgIpc) is 2.71. The highest BCUT2D eigenvalue weighted by atomic mass is 32.2. The molecule has 0 radical (unpaired) electrons. The highest BCUT2D eigenvalue weighted by Gasteiger charge is 2.31. The Morgan fingerprint density at radius 2 is 1.62 bits per heavy atom. The third-order valence-electron chi connectivity index (χ3n) is 5.01. The van der Waals surface area contributed by atoms with Gasteiger partial charge in [0.25, 0.3) is 0 Å². The van der Waals surface area contributed by atoms with Gasteiger partial charge in [0, 0.05) is 18.2 Å². The minimum Gasteiger partial charge on any atom is -0.350 e. The number of rotatable bonds is 8. The average molecular weight is 496 g/mol. The lowest BCUT2D eigenvalue weighted by molar-refractivity contribution is -0.140. The summed E-state index contributed by atoms with van der Waals surface area (Å²) in [5, 5.41) is 2.82. The molecule has 0 aliphatic heterocycles. The second-order valence-electron chi connectivity index (χ2n) is 9.29. The van der Waals surface area contributed by atoms with Crippen molar-refractivity contribution in [2.75, 3.05) is 17.1 Å². The molecule has 0 spiro atoms. The van der Waals surface area contributed by atoms with E-state index in [4.69, 9.17) is 0 Å². The highest BCUT2D eigenvalue weighted by molar-refractivity contribution is 7.92. The van der Waals surface area contributed by atoms with Gasteiger partial charge in [-0.25, -0.2) is 17.2 Å². The van der Waals surface area contributed by atoms with Gasteiger partial charge in [0.15, 0.2) is 11.6 Å². The monoisotopic (exact) mass is 495 g/mol. The number of amides is 2. The molecule has 1 atom stereocenters. The summed E-state index contributed by atoms with van der Waals surface area (Å²) in [6.45, 7) is 8.23. The highest BCUT2D eigenvalue weighted by Crippen LogP contribution is 2.22. The number of carbonyl (C=O) groups is 2. The molecule has 0 fully saturated rings. The maximum absolute atomic E-state index is 13.8. The fraction of sp³-hybridized carbons (Fsp3) is 0.417. The van der Waals surface area contributed by atoms with E-state index in [1.165, 1.54) is 4.90 Å². The first-order chi connectivity index (χ1) is 15.6. The van der Waals surface area contributed by atoms with Gasteiger partial charge in [0.2, 0.25) is 21.8 Å². The van der Waals surface area contributed by atoms with Crippen LogP contribution in [0.15, 0.2) is 42.5 Å². The Morgan fingerprint density at radius 1 is 1.03 bits per heavy atom. The molecule has 0 aliphatic carbocycles. The number of halogens is 2. The number of anilines is 1. The molecule has 7 nitrogen and oxygen atoms in total. The van der Waals surface area contributed by atoms with E-state index in [1.807, 2.05) is 31.2 Å². The second kappa shape index (κ2) is 10.5. The lowest BCUT2D eigenvalue weighted by atomic mass is 10.1. The van der Waals surface area contributed by atoms with Gasteiger partial charge in [-0.2, -0.15) is 0 Å². The fourth-order valence-electron chi connectivity index (χ4n) is 3.20. The molecule has 0 aromatic heterocycles. The van der Waals surface area contributed by atoms with Crippen LogP contribution in [0.25, 0.3) is 0 Å². The van der Waals surface area contributed by atoms with Gasteiger partial charge in [-0.15, -0.1) is 0 Å². The molecule has 0 heterocycles. The van der Waals surface area contributed by atoms with E-state index in [0.717, 1.165) is 29.5 Å². The van der Waals surface area contributed by atoms with Crippen molar-refractivity contribution in [1.82, 2.24) is 10.2 Å². The first-order valence-corrected chi connectivity index (χ1v) is 12.5. The van der Waals surface area contributed by atoms with Crippen molar-refractivity contribution in [2.45, 2.75) is 52.7 Å². The normalized spacial score (nSPS) is 12.7. The summed E-state index contributed by atoms with van der Waals surface area (Å²) in [5.41, 5.74) is 1.01. The van der Waals surface area contributed by atoms with Gasteiger partial charge in [-0.3, -0.25) is 13.9 Å². The predicted molar refractivity (Wildman–Crippen MR) is 128 cm³/mol. The zero-order valence-electron chi connectivity index (χ0n) is 20.2. The molecule has 34 heavy (non-hydrogen) atoms. The quantitative estimate of drug-likeness (QED) is 0.608. The number of nitrogens with zero attached hydrogens (tertiary/aromatic N) is 2. The molecule has 0 saturated heterocycles. The lowest BCUT2D eigenvalue weighted by Crippen LogP contribution is -2.54. The fourth-order valence-corrected chi connectivity index (χ4v) is 4.04. The van der Waals surface area contributed by atoms with Crippen LogP contribution < -0.4 is 9.62 Å². The topological polar surface area (TPSA) is 86.8 Å². The van der Waals surface area contributed by atoms with Crippen molar-refractivity contribution in [3.8, 4) is 0 Å². The first kappa shape index (κ1) is 27.2. The zero-order chi connectivity index (χ0) is 25.8. The minimum atomic E-state index is -4.03. The molecule has 1 unspecified atom stereocenters. The summed E-state index contributed by atoms with van der Waals surface area (Å²) < 4.78 is 52.7. The summed E-state index contributed by atoms with van der Waals surface area (Å²) in [4.78, 5) is 27.5. The van der Waals surface area contributed by atoms with Gasteiger partial charge in [-0.1, -0.05) is 29.8 Å². The van der Waals surface area contributed by atoms with Crippen LogP contribution >= 0.6 is 0 Å². The van der Waals surface area contributed by atoms with Gasteiger partial charge >= 0.3 is 0 Å². The molecule has 2 aromatic rings. The van der Waals surface area contributed by atoms with E-state index in [-0.39, 0.29) is 12.2 Å². The van der Waals surface area contributed by atoms with Gasteiger partial charge in [0.1, 0.15) is 12.6 Å². The minimum absolute atomic E-state index is 0.0488. The number of carbonyl (C=O) groups excluding carboxylic acids is 2. The van der Waals surface area contributed by atoms with Crippen molar-refractivity contribution in [3.05, 3.63) is 65.2 Å². The van der Waals surface area contributed by atoms with Crippen LogP contribution in [0.3, 0.4) is 0 Å². The molecule has 0 saturated carbocycles. The zero-order valence-corrected chi connectivity index (χ0v) is 21.0. The molecule has 2 aromatic carbocycles. The number of hydrogen-bond donors (Lipinski definition) is 1. The van der Waals surface area contributed by atoms with E-state index >= 15 is 0 Å². The predicted octanol–water partition coefficient (Wildman–Crippen LogP) is 3.37. The van der Waals surface area contributed by atoms with Crippen molar-refractivity contribution < 1.29 is 26.8 Å². The smallest absolute Gasteiger partial charge is 0.244 e. The molecule has 2 rings (SSSR count). The molecule has 10 heteroatoms. The Morgan fingerprint density at radius 3 is 2.12 bits per heavy atom. The SMILES string of the molecule is Cc1ccc(CN(C(=O)CN(c2ccc(F)c(F)c2)S(C)(=O)=O)C(C)C(=O)NC(C)(C)C)cc1. The molecule has 2 amide bonds. The summed E-state index contributed by atoms with van der Waals surface area (Å²) in [6.07, 6.45) is 0.863. The molecular formula is C24H31F2N3O4S. The Kier molecular flexibility index (Phi) is 8.41. The molecule has 1 N–H and O–H groups in total.